The summed E-state index contributed by atoms with van der Waals surface area (Å²) < 4.78 is 9.47. The van der Waals surface area contributed by atoms with Crippen LogP contribution in [0.25, 0.3) is 0 Å². The molecule has 0 aromatic carbocycles. The van der Waals surface area contributed by atoms with E-state index in [2.05, 4.69) is 4.74 Å². The molecule has 0 bridgehead atoms. The molecular formula is C6H11NO4. The molecule has 0 spiro atoms. The molecule has 1 saturated heterocycles. The molecular weight excluding hydrogens is 150 g/mol. The van der Waals surface area contributed by atoms with Gasteiger partial charge in [-0.05, 0) is 0 Å². The molecule has 0 aromatic rings. The minimum Gasteiger partial charge on any atom is -0.443 e. The second kappa shape index (κ2) is 3.54. The molecule has 1 atom stereocenters. The Hall–Kier alpha value is -0.810. The Labute approximate surface area is 64.1 Å². The van der Waals surface area contributed by atoms with E-state index in [-0.39, 0.29) is 12.5 Å². The van der Waals surface area contributed by atoms with Crippen molar-refractivity contribution in [3.8, 4) is 0 Å². The standard InChI is InChI=1S/C6H11NO4/c7-6(9)11-5(1-8)4-2-10-3-4/h4-5,8H,1-3H2,(H2,7,9). The van der Waals surface area contributed by atoms with Crippen LogP contribution >= 0.6 is 0 Å². The van der Waals surface area contributed by atoms with Crippen molar-refractivity contribution in [2.24, 2.45) is 11.7 Å². The second-order valence-corrected chi connectivity index (χ2v) is 2.46. The summed E-state index contributed by atoms with van der Waals surface area (Å²) in [6, 6.07) is 0. The minimum absolute atomic E-state index is 0.104. The van der Waals surface area contributed by atoms with Crippen LogP contribution in [0.2, 0.25) is 0 Å². The van der Waals surface area contributed by atoms with Gasteiger partial charge >= 0.3 is 6.09 Å². The van der Waals surface area contributed by atoms with Crippen LogP contribution in [-0.2, 0) is 9.47 Å². The van der Waals surface area contributed by atoms with Gasteiger partial charge in [0.15, 0.2) is 0 Å². The van der Waals surface area contributed by atoms with Gasteiger partial charge in [0, 0.05) is 5.92 Å². The summed E-state index contributed by atoms with van der Waals surface area (Å²) in [5.74, 6) is 0.104. The third-order valence-electron chi connectivity index (χ3n) is 1.64. The van der Waals surface area contributed by atoms with E-state index >= 15 is 0 Å². The predicted octanol–water partition coefficient (Wildman–Crippen LogP) is -0.911. The molecule has 1 unspecified atom stereocenters. The van der Waals surface area contributed by atoms with Crippen molar-refractivity contribution < 1.29 is 19.4 Å². The number of hydrogen-bond donors (Lipinski definition) is 2. The number of rotatable bonds is 3. The highest BCUT2D eigenvalue weighted by Crippen LogP contribution is 2.16. The van der Waals surface area contributed by atoms with Gasteiger partial charge in [-0.1, -0.05) is 0 Å². The minimum atomic E-state index is -0.851. The molecule has 1 amide bonds. The average Bonchev–Trinajstić information content (AvgIpc) is 1.81. The first-order chi connectivity index (χ1) is 5.24. The van der Waals surface area contributed by atoms with Crippen molar-refractivity contribution in [2.75, 3.05) is 19.8 Å². The van der Waals surface area contributed by atoms with Gasteiger partial charge < -0.3 is 20.3 Å². The second-order valence-electron chi connectivity index (χ2n) is 2.46. The Morgan fingerprint density at radius 1 is 1.82 bits per heavy atom. The Bertz CT molecular complexity index is 146. The third-order valence-corrected chi connectivity index (χ3v) is 1.64. The lowest BCUT2D eigenvalue weighted by Crippen LogP contribution is -2.43. The Kier molecular flexibility index (Phi) is 2.67. The van der Waals surface area contributed by atoms with Gasteiger partial charge in [-0.2, -0.15) is 0 Å². The normalized spacial score (nSPS) is 20.5. The molecule has 3 N–H and O–H groups in total. The van der Waals surface area contributed by atoms with E-state index in [1.807, 2.05) is 0 Å². The maximum atomic E-state index is 10.3. The zero-order chi connectivity index (χ0) is 8.27. The van der Waals surface area contributed by atoms with Gasteiger partial charge in [0.1, 0.15) is 6.10 Å². The fourth-order valence-corrected chi connectivity index (χ4v) is 0.900. The number of primary amides is 1. The molecule has 0 saturated carbocycles. The molecule has 1 heterocycles. The first-order valence-corrected chi connectivity index (χ1v) is 3.38. The van der Waals surface area contributed by atoms with Crippen LogP contribution in [0.5, 0.6) is 0 Å². The van der Waals surface area contributed by atoms with E-state index in [9.17, 15) is 4.79 Å². The van der Waals surface area contributed by atoms with E-state index in [0.717, 1.165) is 0 Å². The number of amides is 1. The molecule has 1 fully saturated rings. The summed E-state index contributed by atoms with van der Waals surface area (Å²) >= 11 is 0. The maximum Gasteiger partial charge on any atom is 0.404 e. The van der Waals surface area contributed by atoms with Crippen molar-refractivity contribution in [3.63, 3.8) is 0 Å². The van der Waals surface area contributed by atoms with Gasteiger partial charge in [-0.25, -0.2) is 4.79 Å². The average molecular weight is 161 g/mol. The lowest BCUT2D eigenvalue weighted by molar-refractivity contribution is -0.105. The van der Waals surface area contributed by atoms with Crippen LogP contribution in [0.1, 0.15) is 0 Å². The fourth-order valence-electron chi connectivity index (χ4n) is 0.900. The fraction of sp³-hybridized carbons (Fsp3) is 0.833. The number of nitrogens with two attached hydrogens (primary N) is 1. The van der Waals surface area contributed by atoms with Crippen LogP contribution in [-0.4, -0.2) is 37.1 Å². The first kappa shape index (κ1) is 8.29. The smallest absolute Gasteiger partial charge is 0.404 e. The highest BCUT2D eigenvalue weighted by atomic mass is 16.6. The lowest BCUT2D eigenvalue weighted by Gasteiger charge is -2.31. The maximum absolute atomic E-state index is 10.3. The summed E-state index contributed by atoms with van der Waals surface area (Å²) in [4.78, 5) is 10.3. The van der Waals surface area contributed by atoms with Gasteiger partial charge in [0.25, 0.3) is 0 Å². The van der Waals surface area contributed by atoms with Gasteiger partial charge in [0.05, 0.1) is 19.8 Å². The predicted molar refractivity (Wildman–Crippen MR) is 35.9 cm³/mol. The Morgan fingerprint density at radius 2 is 2.45 bits per heavy atom. The topological polar surface area (TPSA) is 81.8 Å². The van der Waals surface area contributed by atoms with Gasteiger partial charge in [-0.15, -0.1) is 0 Å². The van der Waals surface area contributed by atoms with E-state index in [0.29, 0.717) is 13.2 Å². The lowest BCUT2D eigenvalue weighted by atomic mass is 10.0. The van der Waals surface area contributed by atoms with Crippen molar-refractivity contribution in [3.05, 3.63) is 0 Å². The van der Waals surface area contributed by atoms with E-state index in [1.165, 1.54) is 0 Å². The summed E-state index contributed by atoms with van der Waals surface area (Å²) in [5, 5.41) is 8.72. The van der Waals surface area contributed by atoms with Crippen LogP contribution in [0, 0.1) is 5.92 Å². The first-order valence-electron chi connectivity index (χ1n) is 3.38. The van der Waals surface area contributed by atoms with E-state index in [1.54, 1.807) is 0 Å². The third kappa shape index (κ3) is 2.06. The Morgan fingerprint density at radius 3 is 2.73 bits per heavy atom. The number of carbonyl (C=O) groups is 1. The van der Waals surface area contributed by atoms with Crippen molar-refractivity contribution in [2.45, 2.75) is 6.10 Å². The zero-order valence-corrected chi connectivity index (χ0v) is 6.03. The molecule has 0 aliphatic carbocycles. The number of aliphatic hydroxyl groups is 1. The summed E-state index contributed by atoms with van der Waals surface area (Å²) in [6.07, 6.45) is -1.35. The SMILES string of the molecule is NC(=O)OC(CO)C1COC1. The Balaban J connectivity index is 2.29. The van der Waals surface area contributed by atoms with Gasteiger partial charge in [-0.3, -0.25) is 0 Å². The molecule has 5 nitrogen and oxygen atoms in total. The zero-order valence-electron chi connectivity index (χ0n) is 6.03. The highest BCUT2D eigenvalue weighted by Gasteiger charge is 2.30. The molecule has 1 aliphatic rings. The van der Waals surface area contributed by atoms with Crippen LogP contribution in [0.4, 0.5) is 4.79 Å². The van der Waals surface area contributed by atoms with Crippen molar-refractivity contribution in [1.29, 1.82) is 0 Å². The number of carbonyl (C=O) groups excluding carboxylic acids is 1. The number of aliphatic hydroxyl groups excluding tert-OH is 1. The highest BCUT2D eigenvalue weighted by molar-refractivity contribution is 5.64. The molecule has 5 heteroatoms. The van der Waals surface area contributed by atoms with Crippen LogP contribution in [0.15, 0.2) is 0 Å². The van der Waals surface area contributed by atoms with E-state index in [4.69, 9.17) is 15.6 Å². The van der Waals surface area contributed by atoms with Gasteiger partial charge in [0.2, 0.25) is 0 Å². The summed E-state index contributed by atoms with van der Waals surface area (Å²) in [6.45, 7) is 0.855. The summed E-state index contributed by atoms with van der Waals surface area (Å²) in [7, 11) is 0. The molecule has 11 heavy (non-hydrogen) atoms. The number of ether oxygens (including phenoxy) is 2. The monoisotopic (exact) mass is 161 g/mol. The molecule has 1 rings (SSSR count). The van der Waals surface area contributed by atoms with Crippen molar-refractivity contribution >= 4 is 6.09 Å². The summed E-state index contributed by atoms with van der Waals surface area (Å²) in [5.41, 5.74) is 4.77. The van der Waals surface area contributed by atoms with Crippen molar-refractivity contribution in [1.82, 2.24) is 0 Å². The largest absolute Gasteiger partial charge is 0.443 e. The quantitative estimate of drug-likeness (QED) is 0.561. The number of hydrogen-bond acceptors (Lipinski definition) is 4. The molecule has 1 aliphatic heterocycles. The van der Waals surface area contributed by atoms with E-state index < -0.39 is 12.2 Å². The molecule has 0 radical (unpaired) electrons. The molecule has 0 aromatic heterocycles. The van der Waals surface area contributed by atoms with Crippen LogP contribution < -0.4 is 5.73 Å². The molecule has 64 valence electrons. The van der Waals surface area contributed by atoms with Crippen LogP contribution in [0.3, 0.4) is 0 Å².